The van der Waals surface area contributed by atoms with Crippen molar-refractivity contribution in [3.63, 3.8) is 0 Å². The monoisotopic (exact) mass is 337 g/mol. The van der Waals surface area contributed by atoms with Crippen molar-refractivity contribution in [3.05, 3.63) is 35.4 Å². The summed E-state index contributed by atoms with van der Waals surface area (Å²) >= 11 is 0. The van der Waals surface area contributed by atoms with E-state index in [1.807, 2.05) is 31.2 Å². The van der Waals surface area contributed by atoms with Crippen LogP contribution in [0.15, 0.2) is 24.3 Å². The Morgan fingerprint density at radius 2 is 2.21 bits per heavy atom. The zero-order valence-corrected chi connectivity index (χ0v) is 14.2. The van der Waals surface area contributed by atoms with Gasteiger partial charge in [-0.1, -0.05) is 24.3 Å². The number of hydrogen-bond donors (Lipinski definition) is 3. The molecule has 0 spiro atoms. The van der Waals surface area contributed by atoms with Crippen LogP contribution in [-0.2, 0) is 15.1 Å². The van der Waals surface area contributed by atoms with E-state index in [1.54, 1.807) is 0 Å². The van der Waals surface area contributed by atoms with Gasteiger partial charge in [-0.15, -0.1) is 0 Å². The Bertz CT molecular complexity index is 530. The van der Waals surface area contributed by atoms with E-state index in [2.05, 4.69) is 5.32 Å². The third-order valence-electron chi connectivity index (χ3n) is 4.35. The van der Waals surface area contributed by atoms with Crippen LogP contribution in [0.3, 0.4) is 0 Å². The molecule has 1 amide bonds. The molecule has 0 saturated carbocycles. The zero-order chi connectivity index (χ0) is 17.4. The highest BCUT2D eigenvalue weighted by Crippen LogP contribution is 2.29. The van der Waals surface area contributed by atoms with Crippen molar-refractivity contribution in [1.29, 1.82) is 0 Å². The molecule has 1 aliphatic heterocycles. The molecular formula is C18H27NO5. The third kappa shape index (κ3) is 5.47. The first-order valence-electron chi connectivity index (χ1n) is 8.50. The highest BCUT2D eigenvalue weighted by atomic mass is 16.7. The molecule has 2 rings (SSSR count). The average Bonchev–Trinajstić information content (AvgIpc) is 2.58. The number of benzene rings is 1. The van der Waals surface area contributed by atoms with E-state index in [0.29, 0.717) is 19.4 Å². The van der Waals surface area contributed by atoms with Crippen molar-refractivity contribution < 1.29 is 24.5 Å². The molecule has 0 aromatic heterocycles. The van der Waals surface area contributed by atoms with E-state index in [1.165, 1.54) is 0 Å². The van der Waals surface area contributed by atoms with E-state index < -0.39 is 11.7 Å². The number of carbonyl (C=O) groups is 1. The minimum Gasteiger partial charge on any atom is -0.465 e. The lowest BCUT2D eigenvalue weighted by Gasteiger charge is -2.30. The Balaban J connectivity index is 1.92. The lowest BCUT2D eigenvalue weighted by atomic mass is 9.86. The van der Waals surface area contributed by atoms with Gasteiger partial charge in [-0.05, 0) is 50.2 Å². The minimum atomic E-state index is -1.25. The van der Waals surface area contributed by atoms with Crippen molar-refractivity contribution in [2.75, 3.05) is 19.8 Å². The summed E-state index contributed by atoms with van der Waals surface area (Å²) in [6.45, 7) is 3.08. The predicted molar refractivity (Wildman–Crippen MR) is 89.9 cm³/mol. The smallest absolute Gasteiger partial charge is 0.404 e. The van der Waals surface area contributed by atoms with Gasteiger partial charge in [0, 0.05) is 13.2 Å². The van der Waals surface area contributed by atoms with Gasteiger partial charge in [-0.25, -0.2) is 4.79 Å². The van der Waals surface area contributed by atoms with Gasteiger partial charge in [0.05, 0.1) is 6.54 Å². The van der Waals surface area contributed by atoms with Crippen LogP contribution in [0.4, 0.5) is 4.79 Å². The van der Waals surface area contributed by atoms with Crippen LogP contribution < -0.4 is 5.32 Å². The molecule has 0 aliphatic carbocycles. The average molecular weight is 337 g/mol. The summed E-state index contributed by atoms with van der Waals surface area (Å²) in [5.41, 5.74) is 0.428. The van der Waals surface area contributed by atoms with E-state index >= 15 is 0 Å². The van der Waals surface area contributed by atoms with Crippen LogP contribution in [0.2, 0.25) is 0 Å². The molecule has 6 nitrogen and oxygen atoms in total. The lowest BCUT2D eigenvalue weighted by Crippen LogP contribution is -2.41. The number of nitrogens with one attached hydrogen (secondary N) is 1. The second-order valence-electron chi connectivity index (χ2n) is 6.28. The Morgan fingerprint density at radius 3 is 2.88 bits per heavy atom. The second-order valence-corrected chi connectivity index (χ2v) is 6.28. The van der Waals surface area contributed by atoms with Gasteiger partial charge in [0.2, 0.25) is 0 Å². The fourth-order valence-electron chi connectivity index (χ4n) is 3.06. The van der Waals surface area contributed by atoms with Gasteiger partial charge >= 0.3 is 6.09 Å². The van der Waals surface area contributed by atoms with Crippen molar-refractivity contribution in [1.82, 2.24) is 5.32 Å². The summed E-state index contributed by atoms with van der Waals surface area (Å²) in [7, 11) is 0. The number of aryl methyl sites for hydroxylation is 1. The molecule has 1 aromatic rings. The minimum absolute atomic E-state index is 0.0485. The summed E-state index contributed by atoms with van der Waals surface area (Å²) in [5, 5.41) is 22.2. The summed E-state index contributed by atoms with van der Waals surface area (Å²) in [6, 6.07) is 7.49. The van der Waals surface area contributed by atoms with Crippen LogP contribution in [0.5, 0.6) is 0 Å². The first kappa shape index (κ1) is 18.7. The SMILES string of the molecule is Cc1ccccc1C(O)(CCCOC1CCCCO1)CNC(=O)O. The molecule has 24 heavy (non-hydrogen) atoms. The Morgan fingerprint density at radius 1 is 1.42 bits per heavy atom. The highest BCUT2D eigenvalue weighted by Gasteiger charge is 2.31. The summed E-state index contributed by atoms with van der Waals surface area (Å²) in [4.78, 5) is 10.8. The Hall–Kier alpha value is -1.63. The molecule has 0 radical (unpaired) electrons. The van der Waals surface area contributed by atoms with Gasteiger partial charge in [-0.2, -0.15) is 0 Å². The normalized spacial score (nSPS) is 20.3. The van der Waals surface area contributed by atoms with Crippen molar-refractivity contribution >= 4 is 6.09 Å². The zero-order valence-electron chi connectivity index (χ0n) is 14.2. The number of rotatable bonds is 8. The maximum absolute atomic E-state index is 11.0. The molecule has 1 saturated heterocycles. The van der Waals surface area contributed by atoms with Gasteiger partial charge in [0.15, 0.2) is 6.29 Å². The first-order valence-corrected chi connectivity index (χ1v) is 8.50. The van der Waals surface area contributed by atoms with E-state index in [-0.39, 0.29) is 12.8 Å². The molecule has 1 heterocycles. The fraction of sp³-hybridized carbons (Fsp3) is 0.611. The van der Waals surface area contributed by atoms with Crippen molar-refractivity contribution in [3.8, 4) is 0 Å². The summed E-state index contributed by atoms with van der Waals surface area (Å²) < 4.78 is 11.2. The fourth-order valence-corrected chi connectivity index (χ4v) is 3.06. The van der Waals surface area contributed by atoms with Crippen molar-refractivity contribution in [2.24, 2.45) is 0 Å². The van der Waals surface area contributed by atoms with Crippen LogP contribution in [0.1, 0.15) is 43.2 Å². The molecule has 3 N–H and O–H groups in total. The predicted octanol–water partition coefficient (Wildman–Crippen LogP) is 2.77. The molecule has 1 aromatic carbocycles. The molecule has 1 fully saturated rings. The topological polar surface area (TPSA) is 88.0 Å². The number of hydrogen-bond acceptors (Lipinski definition) is 4. The Kier molecular flexibility index (Phi) is 7.02. The largest absolute Gasteiger partial charge is 0.465 e. The van der Waals surface area contributed by atoms with Gasteiger partial charge < -0.3 is 25.0 Å². The molecule has 2 atom stereocenters. The van der Waals surface area contributed by atoms with Gasteiger partial charge in [-0.3, -0.25) is 0 Å². The highest BCUT2D eigenvalue weighted by molar-refractivity contribution is 5.64. The van der Waals surface area contributed by atoms with E-state index in [9.17, 15) is 9.90 Å². The lowest BCUT2D eigenvalue weighted by molar-refractivity contribution is -0.164. The third-order valence-corrected chi connectivity index (χ3v) is 4.35. The second kappa shape index (κ2) is 9.01. The maximum Gasteiger partial charge on any atom is 0.404 e. The van der Waals surface area contributed by atoms with Crippen LogP contribution in [0, 0.1) is 6.92 Å². The van der Waals surface area contributed by atoms with E-state index in [4.69, 9.17) is 14.6 Å². The van der Waals surface area contributed by atoms with Gasteiger partial charge in [0.1, 0.15) is 5.60 Å². The number of carboxylic acid groups (broad SMARTS) is 1. The summed E-state index contributed by atoms with van der Waals surface area (Å²) in [5.74, 6) is 0. The number of ether oxygens (including phenoxy) is 2. The standard InChI is InChI=1S/C18H27NO5/c1-14-7-2-3-8-15(14)18(22,13-19-17(20)21)10-6-12-24-16-9-4-5-11-23-16/h2-3,7-8,16,19,22H,4-6,9-13H2,1H3,(H,20,21). The maximum atomic E-state index is 11.0. The molecule has 0 bridgehead atoms. The molecule has 6 heteroatoms. The quantitative estimate of drug-likeness (QED) is 0.635. The van der Waals surface area contributed by atoms with Crippen LogP contribution >= 0.6 is 0 Å². The summed E-state index contributed by atoms with van der Waals surface area (Å²) in [6.07, 6.45) is 2.82. The van der Waals surface area contributed by atoms with Crippen LogP contribution in [-0.4, -0.2) is 42.4 Å². The molecule has 2 unspecified atom stereocenters. The molecular weight excluding hydrogens is 310 g/mol. The van der Waals surface area contributed by atoms with Crippen molar-refractivity contribution in [2.45, 2.75) is 50.9 Å². The molecule has 1 aliphatic rings. The van der Waals surface area contributed by atoms with Gasteiger partial charge in [0.25, 0.3) is 0 Å². The number of aliphatic hydroxyl groups is 1. The first-order chi connectivity index (χ1) is 11.5. The molecule has 134 valence electrons. The Labute approximate surface area is 142 Å². The van der Waals surface area contributed by atoms with E-state index in [0.717, 1.165) is 37.0 Å². The van der Waals surface area contributed by atoms with Crippen LogP contribution in [0.25, 0.3) is 0 Å². The number of amides is 1.